The van der Waals surface area contributed by atoms with Gasteiger partial charge in [0, 0.05) is 74.9 Å². The number of likely N-dealkylation sites (N-methyl/N-ethyl adjacent to an activating group) is 1. The highest BCUT2D eigenvalue weighted by molar-refractivity contribution is 6.30. The molecule has 47 heavy (non-hydrogen) atoms. The van der Waals surface area contributed by atoms with E-state index < -0.39 is 12.1 Å². The maximum absolute atomic E-state index is 15.0. The Morgan fingerprint density at radius 2 is 1.55 bits per heavy atom. The molecule has 1 aromatic carbocycles. The maximum atomic E-state index is 15.0. The van der Waals surface area contributed by atoms with E-state index in [1.807, 2.05) is 34.1 Å². The second-order valence-electron chi connectivity index (χ2n) is 16.0. The molecule has 1 saturated carbocycles. The molecular weight excluding hydrogens is 614 g/mol. The Hall–Kier alpha value is -2.20. The highest BCUT2D eigenvalue weighted by Gasteiger charge is 2.51. The third-order valence-corrected chi connectivity index (χ3v) is 12.0. The number of halogens is 1. The Morgan fingerprint density at radius 1 is 0.872 bits per heavy atom. The fourth-order valence-corrected chi connectivity index (χ4v) is 8.84. The molecule has 0 aromatic heterocycles. The zero-order chi connectivity index (χ0) is 33.5. The summed E-state index contributed by atoms with van der Waals surface area (Å²) >= 11 is 6.28. The minimum atomic E-state index is -0.576. The Bertz CT molecular complexity index is 1260. The van der Waals surface area contributed by atoms with Gasteiger partial charge in [-0.1, -0.05) is 30.7 Å². The van der Waals surface area contributed by atoms with Gasteiger partial charge in [0.15, 0.2) is 0 Å². The van der Waals surface area contributed by atoms with Crippen molar-refractivity contribution in [1.29, 1.82) is 0 Å². The van der Waals surface area contributed by atoms with Crippen molar-refractivity contribution in [3.05, 3.63) is 34.9 Å². The van der Waals surface area contributed by atoms with Crippen LogP contribution in [0.5, 0.6) is 0 Å². The lowest BCUT2D eigenvalue weighted by molar-refractivity contribution is -0.148. The number of rotatable bonds is 6. The largest absolute Gasteiger partial charge is 0.368 e. The number of benzene rings is 1. The van der Waals surface area contributed by atoms with Crippen LogP contribution in [0.4, 0.5) is 0 Å². The topological polar surface area (TPSA) is 76.6 Å². The quantitative estimate of drug-likeness (QED) is 0.445. The van der Waals surface area contributed by atoms with E-state index in [0.29, 0.717) is 50.1 Å². The van der Waals surface area contributed by atoms with E-state index in [9.17, 15) is 9.59 Å². The number of carbonyl (C=O) groups is 3. The van der Waals surface area contributed by atoms with Crippen LogP contribution in [0.2, 0.25) is 5.02 Å². The van der Waals surface area contributed by atoms with Gasteiger partial charge in [-0.2, -0.15) is 0 Å². The van der Waals surface area contributed by atoms with Crippen LogP contribution in [-0.4, -0.2) is 131 Å². The van der Waals surface area contributed by atoms with Crippen LogP contribution in [-0.2, 0) is 19.1 Å². The SMILES string of the molecule is CN1CCN(C(=O)[C@H]2C[C@H](N(C(=O)[C@@H]3CCCO3)[C@H]3CC[C@@H](C)CC3)CN2C(=O)[C@@H]2CN(C(C)(C)C)C[C@H]2c2ccc(Cl)cc2)CC1. The molecule has 10 heteroatoms. The molecule has 0 spiro atoms. The normalized spacial score (nSPS) is 32.6. The molecule has 6 rings (SSSR count). The van der Waals surface area contributed by atoms with Gasteiger partial charge in [-0.3, -0.25) is 19.3 Å². The minimum absolute atomic E-state index is 0.0121. The smallest absolute Gasteiger partial charge is 0.252 e. The molecule has 0 radical (unpaired) electrons. The van der Waals surface area contributed by atoms with Crippen LogP contribution in [0.15, 0.2) is 24.3 Å². The van der Waals surface area contributed by atoms with E-state index in [4.69, 9.17) is 16.3 Å². The average molecular weight is 670 g/mol. The van der Waals surface area contributed by atoms with Gasteiger partial charge >= 0.3 is 0 Å². The Balaban J connectivity index is 1.32. The Labute approximate surface area is 286 Å². The van der Waals surface area contributed by atoms with E-state index in [1.165, 1.54) is 0 Å². The van der Waals surface area contributed by atoms with Gasteiger partial charge in [0.1, 0.15) is 12.1 Å². The van der Waals surface area contributed by atoms with Crippen molar-refractivity contribution in [3.8, 4) is 0 Å². The lowest BCUT2D eigenvalue weighted by Gasteiger charge is -2.41. The average Bonchev–Trinajstić information content (AvgIpc) is 3.83. The van der Waals surface area contributed by atoms with Crippen LogP contribution in [0.25, 0.3) is 0 Å². The molecule has 1 aliphatic carbocycles. The fraction of sp³-hybridized carbons (Fsp3) is 0.757. The molecule has 4 aliphatic heterocycles. The zero-order valence-corrected chi connectivity index (χ0v) is 30.0. The summed E-state index contributed by atoms with van der Waals surface area (Å²) in [5.41, 5.74) is 0.994. The predicted octanol–water partition coefficient (Wildman–Crippen LogP) is 4.48. The molecule has 0 bridgehead atoms. The van der Waals surface area contributed by atoms with Crippen LogP contribution in [0, 0.1) is 11.8 Å². The van der Waals surface area contributed by atoms with E-state index in [-0.39, 0.29) is 47.2 Å². The van der Waals surface area contributed by atoms with Gasteiger partial charge in [-0.15, -0.1) is 0 Å². The predicted molar refractivity (Wildman–Crippen MR) is 184 cm³/mol. The summed E-state index contributed by atoms with van der Waals surface area (Å²) in [5.74, 6) is 0.470. The van der Waals surface area contributed by atoms with Gasteiger partial charge in [0.05, 0.1) is 12.0 Å². The summed E-state index contributed by atoms with van der Waals surface area (Å²) in [6.07, 6.45) is 5.80. The zero-order valence-electron chi connectivity index (χ0n) is 29.2. The number of likely N-dealkylation sites (tertiary alicyclic amines) is 2. The van der Waals surface area contributed by atoms with Gasteiger partial charge in [-0.05, 0) is 96.4 Å². The first-order valence-corrected chi connectivity index (χ1v) is 18.5. The summed E-state index contributed by atoms with van der Waals surface area (Å²) < 4.78 is 5.95. The standard InChI is InChI=1S/C37H56ClN5O4/c1-25-8-14-28(15-9-25)43(36(46)33-7-6-20-47-33)29-21-32(35(45)40-18-16-39(5)17-19-40)42(22-29)34(44)31-24-41(37(2,3)4)23-30(31)26-10-12-27(38)13-11-26/h10-13,25,28-33H,6-9,14-24H2,1-5H3/t25-,28+,29-,30-,31+,32+,33-/m0/s1. The van der Waals surface area contributed by atoms with E-state index in [2.05, 4.69) is 49.4 Å². The first-order chi connectivity index (χ1) is 22.4. The monoisotopic (exact) mass is 669 g/mol. The Kier molecular flexibility index (Phi) is 10.6. The highest BCUT2D eigenvalue weighted by atomic mass is 35.5. The highest BCUT2D eigenvalue weighted by Crippen LogP contribution is 2.40. The molecule has 3 amide bonds. The molecule has 0 N–H and O–H groups in total. The van der Waals surface area contributed by atoms with Crippen molar-refractivity contribution in [2.45, 2.75) is 108 Å². The molecule has 4 saturated heterocycles. The summed E-state index contributed by atoms with van der Waals surface area (Å²) in [6.45, 7) is 14.3. The molecule has 0 unspecified atom stereocenters. The van der Waals surface area contributed by atoms with Crippen molar-refractivity contribution in [1.82, 2.24) is 24.5 Å². The number of nitrogens with zero attached hydrogens (tertiary/aromatic N) is 5. The van der Waals surface area contributed by atoms with E-state index in [0.717, 1.165) is 63.7 Å². The summed E-state index contributed by atoms with van der Waals surface area (Å²) in [4.78, 5) is 54.3. The van der Waals surface area contributed by atoms with Crippen molar-refractivity contribution in [2.75, 3.05) is 59.5 Å². The van der Waals surface area contributed by atoms with E-state index >= 15 is 4.79 Å². The third-order valence-electron chi connectivity index (χ3n) is 11.8. The summed E-state index contributed by atoms with van der Waals surface area (Å²) in [7, 11) is 2.08. The molecule has 5 atom stereocenters. The van der Waals surface area contributed by atoms with E-state index in [1.54, 1.807) is 0 Å². The van der Waals surface area contributed by atoms with Crippen LogP contribution in [0.1, 0.15) is 84.1 Å². The molecule has 5 aliphatic rings. The molecule has 5 fully saturated rings. The van der Waals surface area contributed by atoms with Gasteiger partial charge in [0.25, 0.3) is 5.91 Å². The Morgan fingerprint density at radius 3 is 2.17 bits per heavy atom. The number of hydrogen-bond acceptors (Lipinski definition) is 6. The molecular formula is C37H56ClN5O4. The molecule has 260 valence electrons. The second-order valence-corrected chi connectivity index (χ2v) is 16.5. The van der Waals surface area contributed by atoms with Crippen LogP contribution < -0.4 is 0 Å². The van der Waals surface area contributed by atoms with Gasteiger partial charge in [0.2, 0.25) is 11.8 Å². The lowest BCUT2D eigenvalue weighted by Crippen LogP contribution is -2.54. The summed E-state index contributed by atoms with van der Waals surface area (Å²) in [6, 6.07) is 7.24. The first kappa shape index (κ1) is 34.7. The molecule has 4 heterocycles. The third kappa shape index (κ3) is 7.53. The first-order valence-electron chi connectivity index (χ1n) is 18.1. The van der Waals surface area contributed by atoms with Crippen LogP contribution >= 0.6 is 11.6 Å². The number of ether oxygens (including phenoxy) is 1. The lowest BCUT2D eigenvalue weighted by atomic mass is 9.85. The van der Waals surface area contributed by atoms with Crippen molar-refractivity contribution < 1.29 is 19.1 Å². The number of hydrogen-bond donors (Lipinski definition) is 0. The number of amides is 3. The van der Waals surface area contributed by atoms with Crippen molar-refractivity contribution >= 4 is 29.3 Å². The maximum Gasteiger partial charge on any atom is 0.252 e. The number of carbonyl (C=O) groups excluding carboxylic acids is 3. The minimum Gasteiger partial charge on any atom is -0.368 e. The second kappa shape index (κ2) is 14.3. The van der Waals surface area contributed by atoms with Gasteiger partial charge < -0.3 is 24.3 Å². The summed E-state index contributed by atoms with van der Waals surface area (Å²) in [5, 5.41) is 0.677. The number of piperazine rings is 1. The fourth-order valence-electron chi connectivity index (χ4n) is 8.71. The molecule has 1 aromatic rings. The van der Waals surface area contributed by atoms with Crippen molar-refractivity contribution in [3.63, 3.8) is 0 Å². The molecule has 9 nitrogen and oxygen atoms in total. The van der Waals surface area contributed by atoms with Crippen LogP contribution in [0.3, 0.4) is 0 Å². The van der Waals surface area contributed by atoms with Crippen molar-refractivity contribution in [2.24, 2.45) is 11.8 Å². The van der Waals surface area contributed by atoms with Gasteiger partial charge in [-0.25, -0.2) is 0 Å².